The van der Waals surface area contributed by atoms with Gasteiger partial charge in [-0.3, -0.25) is 5.43 Å². The van der Waals surface area contributed by atoms with Crippen LogP contribution in [0.4, 0.5) is 4.79 Å². The fraction of sp³-hybridized carbons (Fsp3) is 0.240. The minimum atomic E-state index is -0.644. The van der Waals surface area contributed by atoms with E-state index in [0.29, 0.717) is 27.4 Å². The number of aromatic nitrogens is 4. The molecular formula is C25H24Cl2N6O2S. The number of carbonyl (C=O) groups is 1. The summed E-state index contributed by atoms with van der Waals surface area (Å²) in [6.07, 6.45) is 1.88. The van der Waals surface area contributed by atoms with Crippen LogP contribution in [0.3, 0.4) is 0 Å². The van der Waals surface area contributed by atoms with Crippen LogP contribution in [-0.4, -0.2) is 31.6 Å². The molecule has 0 saturated carbocycles. The third kappa shape index (κ3) is 5.18. The van der Waals surface area contributed by atoms with Gasteiger partial charge in [0.2, 0.25) is 5.16 Å². The number of halogens is 2. The number of hydrogen-bond acceptors (Lipinski definition) is 6. The van der Waals surface area contributed by atoms with Gasteiger partial charge in [0.1, 0.15) is 5.60 Å². The van der Waals surface area contributed by atoms with Crippen LogP contribution in [0.15, 0.2) is 59.2 Å². The third-order valence-corrected chi connectivity index (χ3v) is 6.87. The Labute approximate surface area is 222 Å². The van der Waals surface area contributed by atoms with Crippen LogP contribution in [0.2, 0.25) is 10.0 Å². The van der Waals surface area contributed by atoms with E-state index in [-0.39, 0.29) is 0 Å². The van der Waals surface area contributed by atoms with E-state index in [4.69, 9.17) is 27.9 Å². The number of thioether (sulfide) groups is 1. The molecule has 11 heteroatoms. The van der Waals surface area contributed by atoms with Gasteiger partial charge in [0, 0.05) is 39.5 Å². The van der Waals surface area contributed by atoms with Crippen molar-refractivity contribution in [1.29, 1.82) is 0 Å². The minimum absolute atomic E-state index is 0.467. The summed E-state index contributed by atoms with van der Waals surface area (Å²) in [4.78, 5) is 16.1. The monoisotopic (exact) mass is 542 g/mol. The van der Waals surface area contributed by atoms with Crippen molar-refractivity contribution in [3.05, 3.63) is 81.1 Å². The molecule has 0 spiro atoms. The molecule has 186 valence electrons. The predicted molar refractivity (Wildman–Crippen MR) is 144 cm³/mol. The minimum Gasteiger partial charge on any atom is -0.444 e. The van der Waals surface area contributed by atoms with Gasteiger partial charge in [-0.1, -0.05) is 53.2 Å². The maximum Gasteiger partial charge on any atom is 0.408 e. The summed E-state index contributed by atoms with van der Waals surface area (Å²) in [6, 6.07) is 12.8. The van der Waals surface area contributed by atoms with E-state index < -0.39 is 17.7 Å². The second-order valence-corrected chi connectivity index (χ2v) is 11.0. The Morgan fingerprint density at radius 3 is 2.78 bits per heavy atom. The first kappa shape index (κ1) is 24.5. The van der Waals surface area contributed by atoms with Crippen LogP contribution in [-0.2, 0) is 11.2 Å². The molecule has 3 heterocycles. The summed E-state index contributed by atoms with van der Waals surface area (Å²) in [7, 11) is 0. The van der Waals surface area contributed by atoms with Crippen molar-refractivity contribution in [3.63, 3.8) is 0 Å². The Kier molecular flexibility index (Phi) is 6.63. The first-order valence-corrected chi connectivity index (χ1v) is 12.9. The molecule has 1 aliphatic heterocycles. The maximum atomic E-state index is 12.8. The average molecular weight is 543 g/mol. The molecule has 0 aliphatic carbocycles. The summed E-state index contributed by atoms with van der Waals surface area (Å²) in [5.74, 6) is 0.532. The fourth-order valence-electron chi connectivity index (χ4n) is 3.96. The third-order valence-electron chi connectivity index (χ3n) is 5.50. The van der Waals surface area contributed by atoms with Gasteiger partial charge in [-0.05, 0) is 50.6 Å². The van der Waals surface area contributed by atoms with E-state index in [1.807, 2.05) is 62.7 Å². The Morgan fingerprint density at radius 1 is 1.19 bits per heavy atom. The molecule has 3 N–H and O–H groups in total. The predicted octanol–water partition coefficient (Wildman–Crippen LogP) is 6.52. The number of ether oxygens (including phenoxy) is 1. The smallest absolute Gasteiger partial charge is 0.408 e. The van der Waals surface area contributed by atoms with Gasteiger partial charge >= 0.3 is 6.09 Å². The van der Waals surface area contributed by atoms with Crippen molar-refractivity contribution in [2.45, 2.75) is 44.0 Å². The van der Waals surface area contributed by atoms with Crippen molar-refractivity contribution >= 4 is 57.7 Å². The number of rotatable bonds is 5. The SMILES string of the molecule is CC(C)(C)OC(=O)N[C@@H](Cc1c[nH]c2ccccc12)c1nnc2n1NC(c1ccc(Cl)cc1Cl)=CS2. The van der Waals surface area contributed by atoms with E-state index in [2.05, 4.69) is 25.9 Å². The number of fused-ring (bicyclic) bond motifs is 2. The van der Waals surface area contributed by atoms with Crippen molar-refractivity contribution in [2.75, 3.05) is 5.43 Å². The van der Waals surface area contributed by atoms with Crippen molar-refractivity contribution in [3.8, 4) is 0 Å². The normalized spacial score (nSPS) is 14.1. The molecule has 1 amide bonds. The van der Waals surface area contributed by atoms with Gasteiger partial charge < -0.3 is 15.0 Å². The molecule has 8 nitrogen and oxygen atoms in total. The van der Waals surface area contributed by atoms with Crippen LogP contribution in [0.5, 0.6) is 0 Å². The van der Waals surface area contributed by atoms with E-state index in [0.717, 1.165) is 27.7 Å². The summed E-state index contributed by atoms with van der Waals surface area (Å²) >= 11 is 13.9. The number of aromatic amines is 1. The molecule has 0 unspecified atom stereocenters. The Morgan fingerprint density at radius 2 is 2.00 bits per heavy atom. The number of amides is 1. The lowest BCUT2D eigenvalue weighted by molar-refractivity contribution is 0.0500. The standard InChI is InChI=1S/C25H24Cl2N6O2S/c1-25(2,3)35-24(34)29-20(10-14-12-28-19-7-5-4-6-16(14)19)22-30-31-23-33(22)32-21(13-36-23)17-9-8-15(26)11-18(17)27/h4-9,11-13,20,28,32H,10H2,1-3H3,(H,29,34)/t20-/m0/s1. The lowest BCUT2D eigenvalue weighted by Gasteiger charge is -2.25. The molecular weight excluding hydrogens is 519 g/mol. The van der Waals surface area contributed by atoms with Crippen molar-refractivity contribution < 1.29 is 9.53 Å². The molecule has 2 aromatic carbocycles. The van der Waals surface area contributed by atoms with Crippen molar-refractivity contribution in [2.24, 2.45) is 0 Å². The summed E-state index contributed by atoms with van der Waals surface area (Å²) in [5.41, 5.74) is 6.30. The Bertz CT molecular complexity index is 1470. The van der Waals surface area contributed by atoms with Gasteiger partial charge in [-0.15, -0.1) is 10.2 Å². The highest BCUT2D eigenvalue weighted by atomic mass is 35.5. The molecule has 4 aromatic rings. The summed E-state index contributed by atoms with van der Waals surface area (Å²) < 4.78 is 7.32. The van der Waals surface area contributed by atoms with E-state index >= 15 is 0 Å². The second kappa shape index (κ2) is 9.72. The second-order valence-electron chi connectivity index (χ2n) is 9.32. The van der Waals surface area contributed by atoms with Crippen LogP contribution < -0.4 is 10.7 Å². The zero-order valence-corrected chi connectivity index (χ0v) is 22.1. The number of H-pyrrole nitrogens is 1. The molecule has 5 rings (SSSR count). The topological polar surface area (TPSA) is 96.9 Å². The van der Waals surface area contributed by atoms with Gasteiger partial charge in [-0.2, -0.15) is 0 Å². The van der Waals surface area contributed by atoms with Crippen LogP contribution >= 0.6 is 35.0 Å². The zero-order valence-electron chi connectivity index (χ0n) is 19.8. The molecule has 36 heavy (non-hydrogen) atoms. The highest BCUT2D eigenvalue weighted by molar-refractivity contribution is 8.02. The molecule has 2 aromatic heterocycles. The number of hydrogen-bond donors (Lipinski definition) is 3. The molecule has 0 bridgehead atoms. The molecule has 0 radical (unpaired) electrons. The number of alkyl carbamates (subject to hydrolysis) is 1. The van der Waals surface area contributed by atoms with Crippen LogP contribution in [0.25, 0.3) is 16.6 Å². The maximum absolute atomic E-state index is 12.8. The quantitative estimate of drug-likeness (QED) is 0.265. The lowest BCUT2D eigenvalue weighted by atomic mass is 10.0. The molecule has 0 saturated heterocycles. The highest BCUT2D eigenvalue weighted by Gasteiger charge is 2.29. The van der Waals surface area contributed by atoms with E-state index in [9.17, 15) is 4.79 Å². The van der Waals surface area contributed by atoms with Gasteiger partial charge in [0.25, 0.3) is 0 Å². The zero-order chi connectivity index (χ0) is 25.4. The van der Waals surface area contributed by atoms with Crippen molar-refractivity contribution in [1.82, 2.24) is 25.2 Å². The number of para-hydroxylation sites is 1. The van der Waals surface area contributed by atoms with E-state index in [1.165, 1.54) is 11.8 Å². The van der Waals surface area contributed by atoms with Gasteiger partial charge in [0.15, 0.2) is 5.82 Å². The Balaban J connectivity index is 1.48. The van der Waals surface area contributed by atoms with Gasteiger partial charge in [-0.25, -0.2) is 9.47 Å². The first-order valence-electron chi connectivity index (χ1n) is 11.3. The highest BCUT2D eigenvalue weighted by Crippen LogP contribution is 2.34. The van der Waals surface area contributed by atoms with Crippen LogP contribution in [0, 0.1) is 0 Å². The van der Waals surface area contributed by atoms with Gasteiger partial charge in [0.05, 0.1) is 16.8 Å². The molecule has 1 aliphatic rings. The number of nitrogens with zero attached hydrogens (tertiary/aromatic N) is 3. The van der Waals surface area contributed by atoms with E-state index in [1.54, 1.807) is 16.8 Å². The molecule has 0 fully saturated rings. The molecule has 1 atom stereocenters. The summed E-state index contributed by atoms with van der Waals surface area (Å²) in [6.45, 7) is 5.47. The lowest BCUT2D eigenvalue weighted by Crippen LogP contribution is -2.37. The number of nitrogens with one attached hydrogen (secondary N) is 3. The Hall–Kier alpha value is -3.14. The average Bonchev–Trinajstić information content (AvgIpc) is 3.41. The van der Waals surface area contributed by atoms with Crippen LogP contribution in [0.1, 0.15) is 43.8 Å². The first-order chi connectivity index (χ1) is 17.2. The number of carbonyl (C=O) groups excluding carboxylic acids is 1. The summed E-state index contributed by atoms with van der Waals surface area (Å²) in [5, 5.41) is 16.4. The fourth-order valence-corrected chi connectivity index (χ4v) is 5.20. The number of benzene rings is 2. The largest absolute Gasteiger partial charge is 0.444 e.